The molecule has 0 aromatic rings. The zero-order valence-corrected chi connectivity index (χ0v) is 18.1. The number of carbonyl (C=O) groups excluding carboxylic acids is 1. The molecule has 1 saturated heterocycles. The lowest BCUT2D eigenvalue weighted by atomic mass is 9.49. The molecule has 3 saturated carbocycles. The fourth-order valence-corrected chi connectivity index (χ4v) is 7.68. The van der Waals surface area contributed by atoms with E-state index in [2.05, 4.69) is 27.7 Å². The Bertz CT molecular complexity index is 640. The Balaban J connectivity index is 1.77. The van der Waals surface area contributed by atoms with Crippen LogP contribution in [0.5, 0.6) is 0 Å². The number of fused-ring (bicyclic) bond motifs is 3. The molecular weight excluding hydrogens is 340 g/mol. The van der Waals surface area contributed by atoms with E-state index in [1.807, 2.05) is 13.8 Å². The maximum absolute atomic E-state index is 13.5. The van der Waals surface area contributed by atoms with E-state index in [0.29, 0.717) is 25.4 Å². The van der Waals surface area contributed by atoms with Crippen molar-refractivity contribution in [2.24, 2.45) is 28.1 Å². The normalized spacial score (nSPS) is 51.5. The third kappa shape index (κ3) is 2.62. The average Bonchev–Trinajstić information content (AvgIpc) is 3.02. The first kappa shape index (κ1) is 19.8. The Morgan fingerprint density at radius 3 is 2.33 bits per heavy atom. The molecule has 6 atom stereocenters. The molecule has 1 N–H and O–H groups in total. The van der Waals surface area contributed by atoms with Gasteiger partial charge in [0.05, 0.1) is 24.2 Å². The van der Waals surface area contributed by atoms with E-state index >= 15 is 0 Å². The van der Waals surface area contributed by atoms with Crippen molar-refractivity contribution in [3.63, 3.8) is 0 Å². The van der Waals surface area contributed by atoms with Crippen LogP contribution in [0.15, 0.2) is 0 Å². The van der Waals surface area contributed by atoms with Gasteiger partial charge in [0.25, 0.3) is 0 Å². The predicted octanol–water partition coefficient (Wildman–Crippen LogP) is 4.48. The zero-order chi connectivity index (χ0) is 19.9. The van der Waals surface area contributed by atoms with Gasteiger partial charge in [0.2, 0.25) is 0 Å². The van der Waals surface area contributed by atoms with E-state index in [4.69, 9.17) is 9.47 Å². The van der Waals surface area contributed by atoms with Crippen molar-refractivity contribution < 1.29 is 19.4 Å². The lowest BCUT2D eigenvalue weighted by Gasteiger charge is -2.58. The molecule has 4 fully saturated rings. The minimum atomic E-state index is -0.937. The van der Waals surface area contributed by atoms with Crippen LogP contribution in [0.25, 0.3) is 0 Å². The highest BCUT2D eigenvalue weighted by atomic mass is 16.7. The number of hydrogen-bond acceptors (Lipinski definition) is 4. The maximum atomic E-state index is 13.5. The molecule has 4 heteroatoms. The summed E-state index contributed by atoms with van der Waals surface area (Å²) in [5.41, 5.74) is -1.34. The number of aliphatic hydroxyl groups is 1. The van der Waals surface area contributed by atoms with Crippen molar-refractivity contribution in [1.29, 1.82) is 0 Å². The van der Waals surface area contributed by atoms with Crippen molar-refractivity contribution in [3.05, 3.63) is 0 Å². The Hall–Kier alpha value is -0.450. The zero-order valence-electron chi connectivity index (χ0n) is 18.1. The number of ketones is 1. The third-order valence-electron chi connectivity index (χ3n) is 9.15. The molecule has 0 radical (unpaired) electrons. The van der Waals surface area contributed by atoms with E-state index in [-0.39, 0.29) is 34.1 Å². The van der Waals surface area contributed by atoms with Crippen LogP contribution in [-0.2, 0) is 14.3 Å². The van der Waals surface area contributed by atoms with E-state index in [1.165, 1.54) is 6.42 Å². The minimum absolute atomic E-state index is 0.132. The van der Waals surface area contributed by atoms with Gasteiger partial charge in [-0.25, -0.2) is 0 Å². The van der Waals surface area contributed by atoms with Gasteiger partial charge in [-0.05, 0) is 57.3 Å². The second-order valence-corrected chi connectivity index (χ2v) is 11.5. The third-order valence-corrected chi connectivity index (χ3v) is 9.15. The maximum Gasteiger partial charge on any atom is 0.163 e. The monoisotopic (exact) mass is 378 g/mol. The van der Waals surface area contributed by atoms with Gasteiger partial charge in [0.1, 0.15) is 5.78 Å². The van der Waals surface area contributed by atoms with Gasteiger partial charge in [-0.2, -0.15) is 0 Å². The molecule has 1 unspecified atom stereocenters. The molecule has 3 aliphatic carbocycles. The number of Topliss-reactive ketones (excluding diaryl/α,β-unsaturated/α-hetero) is 1. The second kappa shape index (κ2) is 5.79. The molecule has 27 heavy (non-hydrogen) atoms. The van der Waals surface area contributed by atoms with Gasteiger partial charge in [0.15, 0.2) is 5.79 Å². The van der Waals surface area contributed by atoms with Crippen LogP contribution < -0.4 is 0 Å². The van der Waals surface area contributed by atoms with Gasteiger partial charge in [0, 0.05) is 17.3 Å². The molecule has 0 aromatic heterocycles. The largest absolute Gasteiger partial charge is 0.389 e. The summed E-state index contributed by atoms with van der Waals surface area (Å²) in [6.45, 7) is 13.5. The van der Waals surface area contributed by atoms with Crippen LogP contribution in [0, 0.1) is 28.1 Å². The second-order valence-electron chi connectivity index (χ2n) is 11.5. The van der Waals surface area contributed by atoms with E-state index in [0.717, 1.165) is 25.7 Å². The van der Waals surface area contributed by atoms with Crippen molar-refractivity contribution in [2.45, 2.75) is 104 Å². The van der Waals surface area contributed by atoms with Crippen LogP contribution in [0.1, 0.15) is 86.5 Å². The summed E-state index contributed by atoms with van der Waals surface area (Å²) in [5, 5.41) is 12.3. The lowest BCUT2D eigenvalue weighted by Crippen LogP contribution is -2.60. The number of carbonyl (C=O) groups is 1. The first-order chi connectivity index (χ1) is 12.4. The summed E-state index contributed by atoms with van der Waals surface area (Å²) in [6, 6.07) is 0. The molecular formula is C23H38O4. The van der Waals surface area contributed by atoms with Crippen molar-refractivity contribution >= 4 is 5.78 Å². The summed E-state index contributed by atoms with van der Waals surface area (Å²) in [7, 11) is 0. The molecule has 1 heterocycles. The molecule has 4 aliphatic rings. The van der Waals surface area contributed by atoms with Gasteiger partial charge < -0.3 is 14.6 Å². The average molecular weight is 379 g/mol. The fourth-order valence-electron chi connectivity index (χ4n) is 7.68. The van der Waals surface area contributed by atoms with Crippen molar-refractivity contribution in [3.8, 4) is 0 Å². The SMILES string of the molecule is CC1(C)OCC([C@@]2(C)CC[C@@]3(O)[C@H]2C(=O)CC[C@H]2C(C)(C)CCC[C@@]23C)O1. The van der Waals surface area contributed by atoms with Crippen LogP contribution in [0.3, 0.4) is 0 Å². The molecule has 0 aromatic carbocycles. The quantitative estimate of drug-likeness (QED) is 0.731. The van der Waals surface area contributed by atoms with Gasteiger partial charge in [-0.3, -0.25) is 4.79 Å². The minimum Gasteiger partial charge on any atom is -0.389 e. The van der Waals surface area contributed by atoms with Crippen LogP contribution in [0.4, 0.5) is 0 Å². The Labute approximate surface area is 164 Å². The Morgan fingerprint density at radius 1 is 1.00 bits per heavy atom. The molecule has 154 valence electrons. The summed E-state index contributed by atoms with van der Waals surface area (Å²) in [6.07, 6.45) is 6.23. The number of rotatable bonds is 1. The molecule has 0 amide bonds. The van der Waals surface area contributed by atoms with Crippen LogP contribution in [-0.4, -0.2) is 35.0 Å². The Morgan fingerprint density at radius 2 is 1.70 bits per heavy atom. The number of ether oxygens (including phenoxy) is 2. The smallest absolute Gasteiger partial charge is 0.163 e. The van der Waals surface area contributed by atoms with Crippen molar-refractivity contribution in [1.82, 2.24) is 0 Å². The summed E-state index contributed by atoms with van der Waals surface area (Å²) >= 11 is 0. The van der Waals surface area contributed by atoms with Gasteiger partial charge >= 0.3 is 0 Å². The van der Waals surface area contributed by atoms with E-state index in [9.17, 15) is 9.90 Å². The van der Waals surface area contributed by atoms with Gasteiger partial charge in [-0.15, -0.1) is 0 Å². The standard InChI is InChI=1S/C23H38O4/c1-19(2)10-7-11-22(6)16(19)9-8-15(24)18-21(5,12-13-23(18,22)25)17-14-26-20(3,4)27-17/h16-18,25H,7-14H2,1-6H3/t16-,17?,18-,21+,22-,23+/m0/s1. The van der Waals surface area contributed by atoms with E-state index < -0.39 is 11.4 Å². The summed E-state index contributed by atoms with van der Waals surface area (Å²) in [4.78, 5) is 13.5. The van der Waals surface area contributed by atoms with Crippen molar-refractivity contribution in [2.75, 3.05) is 6.61 Å². The Kier molecular flexibility index (Phi) is 4.26. The molecule has 0 spiro atoms. The fraction of sp³-hybridized carbons (Fsp3) is 0.957. The van der Waals surface area contributed by atoms with Gasteiger partial charge in [-0.1, -0.05) is 34.1 Å². The lowest BCUT2D eigenvalue weighted by molar-refractivity contribution is -0.192. The molecule has 0 bridgehead atoms. The summed E-state index contributed by atoms with van der Waals surface area (Å²) < 4.78 is 12.1. The molecule has 1 aliphatic heterocycles. The number of hydrogen-bond donors (Lipinski definition) is 1. The van der Waals surface area contributed by atoms with E-state index in [1.54, 1.807) is 0 Å². The highest BCUT2D eigenvalue weighted by Gasteiger charge is 2.70. The van der Waals surface area contributed by atoms with Crippen LogP contribution >= 0.6 is 0 Å². The molecule has 4 rings (SSSR count). The first-order valence-corrected chi connectivity index (χ1v) is 10.9. The highest BCUT2D eigenvalue weighted by Crippen LogP contribution is 2.68. The topological polar surface area (TPSA) is 55.8 Å². The first-order valence-electron chi connectivity index (χ1n) is 10.9. The highest BCUT2D eigenvalue weighted by molar-refractivity contribution is 5.84. The summed E-state index contributed by atoms with van der Waals surface area (Å²) in [5.74, 6) is -0.326. The predicted molar refractivity (Wildman–Crippen MR) is 104 cm³/mol. The molecule has 4 nitrogen and oxygen atoms in total. The van der Waals surface area contributed by atoms with Crippen LogP contribution in [0.2, 0.25) is 0 Å².